The Morgan fingerprint density at radius 2 is 1.89 bits per heavy atom. The Labute approximate surface area is 113 Å². The van der Waals surface area contributed by atoms with E-state index in [-0.39, 0.29) is 17.4 Å². The molecule has 0 saturated heterocycles. The van der Waals surface area contributed by atoms with Gasteiger partial charge in [-0.25, -0.2) is 4.79 Å². The van der Waals surface area contributed by atoms with Gasteiger partial charge in [0.1, 0.15) is 0 Å². The highest BCUT2D eigenvalue weighted by molar-refractivity contribution is 5.96. The Kier molecular flexibility index (Phi) is 5.10. The summed E-state index contributed by atoms with van der Waals surface area (Å²) in [5, 5.41) is 11.9. The Morgan fingerprint density at radius 1 is 1.26 bits per heavy atom. The third-order valence-corrected chi connectivity index (χ3v) is 3.23. The smallest absolute Gasteiger partial charge is 0.336 e. The molecule has 1 amide bonds. The van der Waals surface area contributed by atoms with Crippen molar-refractivity contribution in [1.82, 2.24) is 0 Å². The van der Waals surface area contributed by atoms with Crippen molar-refractivity contribution >= 4 is 17.6 Å². The summed E-state index contributed by atoms with van der Waals surface area (Å²) in [5.41, 5.74) is 2.38. The minimum atomic E-state index is -0.977. The van der Waals surface area contributed by atoms with Crippen LogP contribution in [0.5, 0.6) is 0 Å². The maximum absolute atomic E-state index is 12.0. The normalized spacial score (nSPS) is 12.0. The molecular formula is C15H21NO3. The van der Waals surface area contributed by atoms with E-state index in [9.17, 15) is 9.59 Å². The highest BCUT2D eigenvalue weighted by Gasteiger charge is 2.15. The van der Waals surface area contributed by atoms with Gasteiger partial charge in [-0.2, -0.15) is 0 Å². The van der Waals surface area contributed by atoms with Gasteiger partial charge >= 0.3 is 5.97 Å². The van der Waals surface area contributed by atoms with Crippen LogP contribution in [0.3, 0.4) is 0 Å². The van der Waals surface area contributed by atoms with Crippen LogP contribution in [0, 0.1) is 19.8 Å². The van der Waals surface area contributed by atoms with Gasteiger partial charge in [0.25, 0.3) is 0 Å². The standard InChI is InChI=1S/C15H21NO3/c1-5-6-9(2)14(17)16-13-8-12(15(18)19)10(3)7-11(13)4/h7-9H,5-6H2,1-4H3,(H,16,17)(H,18,19). The fourth-order valence-electron chi connectivity index (χ4n) is 2.04. The number of anilines is 1. The van der Waals surface area contributed by atoms with Crippen molar-refractivity contribution in [2.24, 2.45) is 5.92 Å². The van der Waals surface area contributed by atoms with Gasteiger partial charge in [-0.05, 0) is 37.5 Å². The molecule has 0 saturated carbocycles. The van der Waals surface area contributed by atoms with E-state index in [0.29, 0.717) is 11.3 Å². The highest BCUT2D eigenvalue weighted by Crippen LogP contribution is 2.22. The molecule has 1 unspecified atom stereocenters. The summed E-state index contributed by atoms with van der Waals surface area (Å²) in [6.07, 6.45) is 1.77. The van der Waals surface area contributed by atoms with Crippen molar-refractivity contribution in [2.45, 2.75) is 40.5 Å². The number of benzene rings is 1. The van der Waals surface area contributed by atoms with Crippen molar-refractivity contribution in [3.8, 4) is 0 Å². The molecule has 2 N–H and O–H groups in total. The van der Waals surface area contributed by atoms with Gasteiger partial charge in [-0.15, -0.1) is 0 Å². The van der Waals surface area contributed by atoms with Crippen LogP contribution in [-0.4, -0.2) is 17.0 Å². The Bertz CT molecular complexity index is 494. The number of amides is 1. The van der Waals surface area contributed by atoms with Crippen LogP contribution in [-0.2, 0) is 4.79 Å². The number of rotatable bonds is 5. The van der Waals surface area contributed by atoms with Crippen LogP contribution in [0.25, 0.3) is 0 Å². The van der Waals surface area contributed by atoms with E-state index in [4.69, 9.17) is 5.11 Å². The molecule has 0 spiro atoms. The molecule has 0 aliphatic rings. The summed E-state index contributed by atoms with van der Waals surface area (Å²) in [5.74, 6) is -1.11. The lowest BCUT2D eigenvalue weighted by molar-refractivity contribution is -0.119. The molecular weight excluding hydrogens is 242 g/mol. The van der Waals surface area contributed by atoms with Gasteiger partial charge in [-0.3, -0.25) is 4.79 Å². The van der Waals surface area contributed by atoms with Crippen molar-refractivity contribution in [2.75, 3.05) is 5.32 Å². The van der Waals surface area contributed by atoms with Gasteiger partial charge in [0.05, 0.1) is 5.56 Å². The van der Waals surface area contributed by atoms with Crippen LogP contribution >= 0.6 is 0 Å². The van der Waals surface area contributed by atoms with Crippen molar-refractivity contribution < 1.29 is 14.7 Å². The predicted octanol–water partition coefficient (Wildman–Crippen LogP) is 3.38. The lowest BCUT2D eigenvalue weighted by Crippen LogP contribution is -2.21. The minimum Gasteiger partial charge on any atom is -0.478 e. The second kappa shape index (κ2) is 6.36. The number of carbonyl (C=O) groups excluding carboxylic acids is 1. The van der Waals surface area contributed by atoms with E-state index in [0.717, 1.165) is 18.4 Å². The zero-order valence-corrected chi connectivity index (χ0v) is 11.9. The van der Waals surface area contributed by atoms with E-state index < -0.39 is 5.97 Å². The quantitative estimate of drug-likeness (QED) is 0.855. The molecule has 1 atom stereocenters. The molecule has 4 heteroatoms. The summed E-state index contributed by atoms with van der Waals surface area (Å²) in [6, 6.07) is 3.31. The maximum Gasteiger partial charge on any atom is 0.336 e. The van der Waals surface area contributed by atoms with Gasteiger partial charge in [0, 0.05) is 11.6 Å². The Balaban J connectivity index is 2.98. The van der Waals surface area contributed by atoms with Crippen molar-refractivity contribution in [3.63, 3.8) is 0 Å². The molecule has 0 aliphatic heterocycles. The first kappa shape index (κ1) is 15.2. The first-order valence-electron chi connectivity index (χ1n) is 6.52. The largest absolute Gasteiger partial charge is 0.478 e. The fraction of sp³-hybridized carbons (Fsp3) is 0.467. The van der Waals surface area contributed by atoms with Gasteiger partial charge in [-0.1, -0.05) is 26.3 Å². The van der Waals surface area contributed by atoms with Crippen molar-refractivity contribution in [3.05, 3.63) is 28.8 Å². The summed E-state index contributed by atoms with van der Waals surface area (Å²) in [7, 11) is 0. The first-order chi connectivity index (χ1) is 8.86. The van der Waals surface area contributed by atoms with Gasteiger partial charge in [0.2, 0.25) is 5.91 Å². The molecule has 0 bridgehead atoms. The molecule has 104 valence electrons. The average Bonchev–Trinajstić information content (AvgIpc) is 2.32. The molecule has 4 nitrogen and oxygen atoms in total. The van der Waals surface area contributed by atoms with E-state index in [1.807, 2.05) is 20.8 Å². The third kappa shape index (κ3) is 3.81. The SMILES string of the molecule is CCCC(C)C(=O)Nc1cc(C(=O)O)c(C)cc1C. The maximum atomic E-state index is 12.0. The lowest BCUT2D eigenvalue weighted by Gasteiger charge is -2.14. The molecule has 1 aromatic rings. The number of aryl methyl sites for hydroxylation is 2. The van der Waals surface area contributed by atoms with E-state index >= 15 is 0 Å². The first-order valence-corrected chi connectivity index (χ1v) is 6.52. The fourth-order valence-corrected chi connectivity index (χ4v) is 2.04. The number of nitrogens with one attached hydrogen (secondary N) is 1. The third-order valence-electron chi connectivity index (χ3n) is 3.23. The van der Waals surface area contributed by atoms with Crippen LogP contribution in [0.15, 0.2) is 12.1 Å². The molecule has 0 radical (unpaired) electrons. The summed E-state index contributed by atoms with van der Waals surface area (Å²) in [6.45, 7) is 7.52. The van der Waals surface area contributed by atoms with E-state index in [1.165, 1.54) is 6.07 Å². The number of carboxylic acid groups (broad SMARTS) is 1. The molecule has 0 heterocycles. The van der Waals surface area contributed by atoms with Crippen molar-refractivity contribution in [1.29, 1.82) is 0 Å². The Hall–Kier alpha value is -1.84. The Morgan fingerprint density at radius 3 is 2.42 bits per heavy atom. The van der Waals surface area contributed by atoms with E-state index in [1.54, 1.807) is 13.0 Å². The molecule has 0 aliphatic carbocycles. The predicted molar refractivity (Wildman–Crippen MR) is 75.6 cm³/mol. The average molecular weight is 263 g/mol. The van der Waals surface area contributed by atoms with Crippen LogP contribution in [0.1, 0.15) is 48.2 Å². The molecule has 1 aromatic carbocycles. The molecule has 19 heavy (non-hydrogen) atoms. The topological polar surface area (TPSA) is 66.4 Å². The molecule has 0 fully saturated rings. The van der Waals surface area contributed by atoms with E-state index in [2.05, 4.69) is 5.32 Å². The number of hydrogen-bond acceptors (Lipinski definition) is 2. The number of hydrogen-bond donors (Lipinski definition) is 2. The second-order valence-corrected chi connectivity index (χ2v) is 4.97. The second-order valence-electron chi connectivity index (χ2n) is 4.97. The minimum absolute atomic E-state index is 0.0647. The number of carboxylic acids is 1. The number of carbonyl (C=O) groups is 2. The van der Waals surface area contributed by atoms with Gasteiger partial charge < -0.3 is 10.4 Å². The molecule has 0 aromatic heterocycles. The zero-order chi connectivity index (χ0) is 14.6. The summed E-state index contributed by atoms with van der Waals surface area (Å²) < 4.78 is 0. The summed E-state index contributed by atoms with van der Waals surface area (Å²) in [4.78, 5) is 23.1. The zero-order valence-electron chi connectivity index (χ0n) is 11.9. The lowest BCUT2D eigenvalue weighted by atomic mass is 10.0. The summed E-state index contributed by atoms with van der Waals surface area (Å²) >= 11 is 0. The number of aromatic carboxylic acids is 1. The molecule has 1 rings (SSSR count). The highest BCUT2D eigenvalue weighted by atomic mass is 16.4. The van der Waals surface area contributed by atoms with Crippen LogP contribution in [0.2, 0.25) is 0 Å². The monoisotopic (exact) mass is 263 g/mol. The van der Waals surface area contributed by atoms with Crippen LogP contribution < -0.4 is 5.32 Å². The van der Waals surface area contributed by atoms with Gasteiger partial charge in [0.15, 0.2) is 0 Å². The van der Waals surface area contributed by atoms with Crippen LogP contribution in [0.4, 0.5) is 5.69 Å².